The fourth-order valence-corrected chi connectivity index (χ4v) is 9.74. The lowest BCUT2D eigenvalue weighted by atomic mass is 9.68. The average Bonchev–Trinajstić information content (AvgIpc) is 3.64. The van der Waals surface area contributed by atoms with Gasteiger partial charge >= 0.3 is 0 Å². The van der Waals surface area contributed by atoms with Crippen LogP contribution in [0.2, 0.25) is 0 Å². The SMILES string of the molecule is c1ccc(-c2ccccc2N(c2ccc(-c3cccc(-c4cccc5ccccc45)c3)cc2)c2cccc3c2-c2ccccc2C3(c2ccccc2)c2ccccc2)cc1. The van der Waals surface area contributed by atoms with Crippen molar-refractivity contribution in [1.82, 2.24) is 0 Å². The molecule has 0 aliphatic heterocycles. The van der Waals surface area contributed by atoms with Crippen LogP contribution in [-0.4, -0.2) is 0 Å². The number of para-hydroxylation sites is 1. The fourth-order valence-electron chi connectivity index (χ4n) is 9.74. The molecule has 0 fully saturated rings. The van der Waals surface area contributed by atoms with E-state index in [1.54, 1.807) is 0 Å². The van der Waals surface area contributed by atoms with Gasteiger partial charge < -0.3 is 4.90 Å². The summed E-state index contributed by atoms with van der Waals surface area (Å²) in [4.78, 5) is 2.49. The summed E-state index contributed by atoms with van der Waals surface area (Å²) in [5, 5.41) is 2.51. The first-order chi connectivity index (χ1) is 29.8. The first kappa shape index (κ1) is 35.4. The third-order valence-corrected chi connectivity index (χ3v) is 12.4. The normalized spacial score (nSPS) is 12.5. The zero-order valence-electron chi connectivity index (χ0n) is 33.1. The van der Waals surface area contributed by atoms with Gasteiger partial charge in [0.2, 0.25) is 0 Å². The van der Waals surface area contributed by atoms with E-state index in [0.717, 1.165) is 17.1 Å². The van der Waals surface area contributed by atoms with E-state index >= 15 is 0 Å². The topological polar surface area (TPSA) is 3.24 Å². The monoisotopic (exact) mass is 763 g/mol. The molecule has 0 saturated heterocycles. The van der Waals surface area contributed by atoms with Crippen LogP contribution in [0.15, 0.2) is 249 Å². The minimum atomic E-state index is -0.506. The van der Waals surface area contributed by atoms with Crippen molar-refractivity contribution in [3.8, 4) is 44.5 Å². The highest BCUT2D eigenvalue weighted by molar-refractivity contribution is 6.00. The highest BCUT2D eigenvalue weighted by atomic mass is 15.1. The van der Waals surface area contributed by atoms with Gasteiger partial charge in [0.15, 0.2) is 0 Å². The zero-order valence-corrected chi connectivity index (χ0v) is 33.1. The van der Waals surface area contributed by atoms with Gasteiger partial charge in [0.1, 0.15) is 0 Å². The van der Waals surface area contributed by atoms with Crippen LogP contribution >= 0.6 is 0 Å². The molecule has 1 aliphatic carbocycles. The largest absolute Gasteiger partial charge is 0.309 e. The number of hydrogen-bond acceptors (Lipinski definition) is 1. The van der Waals surface area contributed by atoms with Gasteiger partial charge in [0.25, 0.3) is 0 Å². The van der Waals surface area contributed by atoms with E-state index in [-0.39, 0.29) is 0 Å². The summed E-state index contributed by atoms with van der Waals surface area (Å²) in [6.07, 6.45) is 0. The number of anilines is 3. The first-order valence-electron chi connectivity index (χ1n) is 20.8. The van der Waals surface area contributed by atoms with Crippen molar-refractivity contribution < 1.29 is 0 Å². The molecular weight excluding hydrogens is 723 g/mol. The number of rotatable bonds is 8. The van der Waals surface area contributed by atoms with Crippen molar-refractivity contribution in [2.75, 3.05) is 4.90 Å². The van der Waals surface area contributed by atoms with Crippen molar-refractivity contribution in [3.63, 3.8) is 0 Å². The van der Waals surface area contributed by atoms with Crippen LogP contribution in [0.4, 0.5) is 17.1 Å². The molecule has 0 unspecified atom stereocenters. The maximum absolute atomic E-state index is 2.49. The van der Waals surface area contributed by atoms with Crippen LogP contribution < -0.4 is 4.90 Å². The van der Waals surface area contributed by atoms with Crippen LogP contribution in [0.25, 0.3) is 55.3 Å². The molecular formula is C59H41N. The molecule has 0 N–H and O–H groups in total. The van der Waals surface area contributed by atoms with Crippen LogP contribution in [0.3, 0.4) is 0 Å². The molecule has 11 rings (SSSR count). The fraction of sp³-hybridized carbons (Fsp3) is 0.0169. The number of hydrogen-bond donors (Lipinski definition) is 0. The van der Waals surface area contributed by atoms with E-state index in [1.807, 2.05) is 0 Å². The van der Waals surface area contributed by atoms with Gasteiger partial charge in [0.05, 0.1) is 16.8 Å². The van der Waals surface area contributed by atoms with Crippen LogP contribution in [-0.2, 0) is 5.41 Å². The van der Waals surface area contributed by atoms with E-state index in [4.69, 9.17) is 0 Å². The molecule has 10 aromatic rings. The Bertz CT molecular complexity index is 3090. The molecule has 0 radical (unpaired) electrons. The molecule has 0 aromatic heterocycles. The van der Waals surface area contributed by atoms with Crippen molar-refractivity contribution in [2.24, 2.45) is 0 Å². The van der Waals surface area contributed by atoms with E-state index in [1.165, 1.54) is 77.5 Å². The molecule has 0 saturated carbocycles. The maximum Gasteiger partial charge on any atom is 0.0714 e. The van der Waals surface area contributed by atoms with Gasteiger partial charge in [-0.15, -0.1) is 0 Å². The van der Waals surface area contributed by atoms with Gasteiger partial charge in [-0.05, 0) is 96.7 Å². The molecule has 1 heteroatoms. The van der Waals surface area contributed by atoms with E-state index in [0.29, 0.717) is 0 Å². The zero-order chi connectivity index (χ0) is 39.9. The highest BCUT2D eigenvalue weighted by Crippen LogP contribution is 2.59. The Morgan fingerprint density at radius 1 is 0.300 bits per heavy atom. The number of fused-ring (bicyclic) bond motifs is 4. The smallest absolute Gasteiger partial charge is 0.0714 e. The van der Waals surface area contributed by atoms with E-state index in [9.17, 15) is 0 Å². The minimum absolute atomic E-state index is 0.506. The lowest BCUT2D eigenvalue weighted by Gasteiger charge is -2.34. The number of nitrogens with zero attached hydrogens (tertiary/aromatic N) is 1. The molecule has 282 valence electrons. The quantitative estimate of drug-likeness (QED) is 0.149. The second kappa shape index (κ2) is 14.9. The van der Waals surface area contributed by atoms with Gasteiger partial charge in [0, 0.05) is 16.8 Å². The molecule has 0 atom stereocenters. The summed E-state index contributed by atoms with van der Waals surface area (Å²) in [5.41, 5.74) is 17.6. The molecule has 0 amide bonds. The van der Waals surface area contributed by atoms with Gasteiger partial charge in [-0.1, -0.05) is 218 Å². The minimum Gasteiger partial charge on any atom is -0.309 e. The molecule has 1 aliphatic rings. The summed E-state index contributed by atoms with van der Waals surface area (Å²) in [6, 6.07) is 91.0. The van der Waals surface area contributed by atoms with Crippen LogP contribution in [0.1, 0.15) is 22.3 Å². The van der Waals surface area contributed by atoms with Gasteiger partial charge in [-0.3, -0.25) is 0 Å². The Labute approximate surface area is 352 Å². The lowest BCUT2D eigenvalue weighted by Crippen LogP contribution is -2.28. The van der Waals surface area contributed by atoms with Gasteiger partial charge in [-0.25, -0.2) is 0 Å². The van der Waals surface area contributed by atoms with Crippen molar-refractivity contribution >= 4 is 27.8 Å². The predicted octanol–water partition coefficient (Wildman–Crippen LogP) is 15.7. The Balaban J connectivity index is 1.12. The lowest BCUT2D eigenvalue weighted by molar-refractivity contribution is 0.768. The summed E-state index contributed by atoms with van der Waals surface area (Å²) < 4.78 is 0. The molecule has 0 spiro atoms. The predicted molar refractivity (Wildman–Crippen MR) is 252 cm³/mol. The average molecular weight is 764 g/mol. The third-order valence-electron chi connectivity index (χ3n) is 12.4. The number of benzene rings is 10. The maximum atomic E-state index is 2.49. The van der Waals surface area contributed by atoms with Crippen molar-refractivity contribution in [3.05, 3.63) is 271 Å². The van der Waals surface area contributed by atoms with Gasteiger partial charge in [-0.2, -0.15) is 0 Å². The second-order valence-electron chi connectivity index (χ2n) is 15.6. The molecule has 60 heavy (non-hydrogen) atoms. The first-order valence-corrected chi connectivity index (χ1v) is 20.8. The Hall–Kier alpha value is -7.74. The molecule has 10 aromatic carbocycles. The molecule has 0 bridgehead atoms. The van der Waals surface area contributed by atoms with Crippen LogP contribution in [0, 0.1) is 0 Å². The summed E-state index contributed by atoms with van der Waals surface area (Å²) in [6.45, 7) is 0. The van der Waals surface area contributed by atoms with Crippen molar-refractivity contribution in [1.29, 1.82) is 0 Å². The second-order valence-corrected chi connectivity index (χ2v) is 15.6. The molecule has 0 heterocycles. The van der Waals surface area contributed by atoms with Crippen molar-refractivity contribution in [2.45, 2.75) is 5.41 Å². The third kappa shape index (κ3) is 5.78. The standard InChI is InChI=1S/C59H41N/c1-4-19-44(20-5-1)52-30-13-15-35-56(52)60(49-39-37-42(38-40-49)45-23-16-24-46(41-45)51-32-17-22-43-21-10-11-29-50(43)51)57-36-18-34-55-58(57)53-31-12-14-33-54(53)59(55,47-25-6-2-7-26-47)48-27-8-3-9-28-48/h1-41H. The van der Waals surface area contributed by atoms with E-state index < -0.39 is 5.41 Å². The highest BCUT2D eigenvalue weighted by Gasteiger charge is 2.47. The summed E-state index contributed by atoms with van der Waals surface area (Å²) in [5.74, 6) is 0. The summed E-state index contributed by atoms with van der Waals surface area (Å²) in [7, 11) is 0. The van der Waals surface area contributed by atoms with Crippen LogP contribution in [0.5, 0.6) is 0 Å². The Morgan fingerprint density at radius 2 is 0.817 bits per heavy atom. The Kier molecular flexibility index (Phi) is 8.79. The molecule has 1 nitrogen and oxygen atoms in total. The summed E-state index contributed by atoms with van der Waals surface area (Å²) >= 11 is 0. The Morgan fingerprint density at radius 3 is 1.58 bits per heavy atom. The van der Waals surface area contributed by atoms with E-state index in [2.05, 4.69) is 254 Å².